The van der Waals surface area contributed by atoms with Crippen molar-refractivity contribution in [2.45, 2.75) is 45.7 Å². The Hall–Kier alpha value is -2.04. The van der Waals surface area contributed by atoms with Crippen molar-refractivity contribution in [1.82, 2.24) is 10.2 Å². The van der Waals surface area contributed by atoms with Crippen LogP contribution in [0.25, 0.3) is 0 Å². The van der Waals surface area contributed by atoms with Crippen LogP contribution in [0.4, 0.5) is 0 Å². The van der Waals surface area contributed by atoms with Gasteiger partial charge in [0, 0.05) is 25.1 Å². The van der Waals surface area contributed by atoms with E-state index in [1.165, 1.54) is 0 Å². The molecule has 1 aromatic carbocycles. The van der Waals surface area contributed by atoms with Crippen LogP contribution in [0.5, 0.6) is 5.75 Å². The molecule has 1 atom stereocenters. The highest BCUT2D eigenvalue weighted by molar-refractivity contribution is 5.94. The molecule has 2 rings (SSSR count). The summed E-state index contributed by atoms with van der Waals surface area (Å²) in [6, 6.07) is 7.37. The average Bonchev–Trinajstić information content (AvgIpc) is 2.93. The van der Waals surface area contributed by atoms with E-state index < -0.39 is 0 Å². The summed E-state index contributed by atoms with van der Waals surface area (Å²) in [5, 5.41) is 2.85. The second-order valence-corrected chi connectivity index (χ2v) is 5.97. The number of likely N-dealkylation sites (tertiary alicyclic amines) is 1. The standard InChI is InChI=1S/C17H24N2O3/c1-12(2)18-17(21)14-6-8-16(9-7-14)22-11-15-5-4-10-19(15)13(3)20/h6-9,12,15H,4-5,10-11H2,1-3H3,(H,18,21)/t15-/m0/s1. The Balaban J connectivity index is 1.89. The van der Waals surface area contributed by atoms with E-state index in [1.807, 2.05) is 18.7 Å². The molecule has 120 valence electrons. The van der Waals surface area contributed by atoms with Gasteiger partial charge in [0.25, 0.3) is 5.91 Å². The second kappa shape index (κ2) is 7.29. The molecule has 0 aliphatic carbocycles. The van der Waals surface area contributed by atoms with Gasteiger partial charge in [-0.15, -0.1) is 0 Å². The van der Waals surface area contributed by atoms with Crippen LogP contribution in [0, 0.1) is 0 Å². The molecule has 5 nitrogen and oxygen atoms in total. The van der Waals surface area contributed by atoms with Crippen LogP contribution >= 0.6 is 0 Å². The minimum atomic E-state index is -0.0832. The maximum Gasteiger partial charge on any atom is 0.251 e. The largest absolute Gasteiger partial charge is 0.491 e. The van der Waals surface area contributed by atoms with Crippen LogP contribution < -0.4 is 10.1 Å². The number of ether oxygens (including phenoxy) is 1. The highest BCUT2D eigenvalue weighted by atomic mass is 16.5. The fourth-order valence-electron chi connectivity index (χ4n) is 2.66. The van der Waals surface area contributed by atoms with Gasteiger partial charge in [-0.1, -0.05) is 0 Å². The summed E-state index contributed by atoms with van der Waals surface area (Å²) < 4.78 is 5.76. The van der Waals surface area contributed by atoms with Gasteiger partial charge in [-0.3, -0.25) is 9.59 Å². The summed E-state index contributed by atoms with van der Waals surface area (Å²) in [5.74, 6) is 0.739. The molecule has 1 aliphatic rings. The van der Waals surface area contributed by atoms with Crippen molar-refractivity contribution >= 4 is 11.8 Å². The highest BCUT2D eigenvalue weighted by Crippen LogP contribution is 2.19. The molecule has 1 fully saturated rings. The van der Waals surface area contributed by atoms with E-state index in [4.69, 9.17) is 4.74 Å². The molecular weight excluding hydrogens is 280 g/mol. The molecule has 22 heavy (non-hydrogen) atoms. The predicted molar refractivity (Wildman–Crippen MR) is 84.9 cm³/mol. The smallest absolute Gasteiger partial charge is 0.251 e. The molecule has 0 unspecified atom stereocenters. The molecule has 1 saturated heterocycles. The number of hydrogen-bond acceptors (Lipinski definition) is 3. The summed E-state index contributed by atoms with van der Waals surface area (Å²) in [5.41, 5.74) is 0.618. The molecule has 0 radical (unpaired) electrons. The lowest BCUT2D eigenvalue weighted by Crippen LogP contribution is -2.37. The maximum atomic E-state index is 11.9. The zero-order chi connectivity index (χ0) is 16.1. The molecule has 0 spiro atoms. The van der Waals surface area contributed by atoms with Crippen LogP contribution in [0.15, 0.2) is 24.3 Å². The van der Waals surface area contributed by atoms with E-state index >= 15 is 0 Å². The van der Waals surface area contributed by atoms with Crippen LogP contribution in [-0.4, -0.2) is 41.9 Å². The van der Waals surface area contributed by atoms with Gasteiger partial charge in [0.05, 0.1) is 6.04 Å². The number of hydrogen-bond donors (Lipinski definition) is 1. The van der Waals surface area contributed by atoms with Gasteiger partial charge in [0.1, 0.15) is 12.4 Å². The monoisotopic (exact) mass is 304 g/mol. The lowest BCUT2D eigenvalue weighted by Gasteiger charge is -2.23. The minimum absolute atomic E-state index is 0.0832. The van der Waals surface area contributed by atoms with E-state index in [0.717, 1.165) is 25.1 Å². The zero-order valence-corrected chi connectivity index (χ0v) is 13.5. The Labute approximate surface area is 131 Å². The number of carbonyl (C=O) groups is 2. The normalized spacial score (nSPS) is 17.6. The molecule has 0 saturated carbocycles. The lowest BCUT2D eigenvalue weighted by atomic mass is 10.2. The molecule has 1 aromatic rings. The lowest BCUT2D eigenvalue weighted by molar-refractivity contribution is -0.130. The van der Waals surface area contributed by atoms with Crippen LogP contribution in [-0.2, 0) is 4.79 Å². The third-order valence-corrected chi connectivity index (χ3v) is 3.76. The number of benzene rings is 1. The van der Waals surface area contributed by atoms with Crippen molar-refractivity contribution in [1.29, 1.82) is 0 Å². The molecule has 1 heterocycles. The van der Waals surface area contributed by atoms with Crippen molar-refractivity contribution < 1.29 is 14.3 Å². The Morgan fingerprint density at radius 3 is 2.59 bits per heavy atom. The van der Waals surface area contributed by atoms with Crippen molar-refractivity contribution in [2.75, 3.05) is 13.2 Å². The van der Waals surface area contributed by atoms with E-state index in [1.54, 1.807) is 31.2 Å². The van der Waals surface area contributed by atoms with E-state index in [9.17, 15) is 9.59 Å². The molecule has 5 heteroatoms. The van der Waals surface area contributed by atoms with Gasteiger partial charge in [-0.2, -0.15) is 0 Å². The number of nitrogens with one attached hydrogen (secondary N) is 1. The zero-order valence-electron chi connectivity index (χ0n) is 13.5. The molecular formula is C17H24N2O3. The van der Waals surface area contributed by atoms with Crippen molar-refractivity contribution in [3.63, 3.8) is 0 Å². The third-order valence-electron chi connectivity index (χ3n) is 3.76. The Morgan fingerprint density at radius 1 is 1.32 bits per heavy atom. The summed E-state index contributed by atoms with van der Waals surface area (Å²) >= 11 is 0. The molecule has 1 N–H and O–H groups in total. The van der Waals surface area contributed by atoms with E-state index in [0.29, 0.717) is 12.2 Å². The molecule has 2 amide bonds. The number of carbonyl (C=O) groups excluding carboxylic acids is 2. The van der Waals surface area contributed by atoms with Gasteiger partial charge in [-0.25, -0.2) is 0 Å². The van der Waals surface area contributed by atoms with Crippen molar-refractivity contribution in [3.05, 3.63) is 29.8 Å². The predicted octanol–water partition coefficient (Wildman–Crippen LogP) is 2.21. The highest BCUT2D eigenvalue weighted by Gasteiger charge is 2.26. The van der Waals surface area contributed by atoms with Crippen LogP contribution in [0.3, 0.4) is 0 Å². The molecule has 0 bridgehead atoms. The Morgan fingerprint density at radius 2 is 2.00 bits per heavy atom. The summed E-state index contributed by atoms with van der Waals surface area (Å²) in [6.45, 7) is 6.77. The van der Waals surface area contributed by atoms with E-state index in [2.05, 4.69) is 5.32 Å². The van der Waals surface area contributed by atoms with Crippen molar-refractivity contribution in [2.24, 2.45) is 0 Å². The van der Waals surface area contributed by atoms with Gasteiger partial charge >= 0.3 is 0 Å². The van der Waals surface area contributed by atoms with Gasteiger partial charge in [0.15, 0.2) is 0 Å². The first kappa shape index (κ1) is 16.3. The average molecular weight is 304 g/mol. The molecule has 1 aliphatic heterocycles. The SMILES string of the molecule is CC(=O)N1CCC[C@H]1COc1ccc(C(=O)NC(C)C)cc1. The number of nitrogens with zero attached hydrogens (tertiary/aromatic N) is 1. The molecule has 0 aromatic heterocycles. The first-order valence-electron chi connectivity index (χ1n) is 7.78. The third kappa shape index (κ3) is 4.23. The fourth-order valence-corrected chi connectivity index (χ4v) is 2.66. The van der Waals surface area contributed by atoms with Crippen molar-refractivity contribution in [3.8, 4) is 5.75 Å². The van der Waals surface area contributed by atoms with Crippen LogP contribution in [0.2, 0.25) is 0 Å². The summed E-state index contributed by atoms with van der Waals surface area (Å²) in [6.07, 6.45) is 2.01. The second-order valence-electron chi connectivity index (χ2n) is 5.97. The minimum Gasteiger partial charge on any atom is -0.491 e. The first-order chi connectivity index (χ1) is 10.5. The number of rotatable bonds is 5. The van der Waals surface area contributed by atoms with Gasteiger partial charge < -0.3 is 15.0 Å². The Bertz CT molecular complexity index is 525. The summed E-state index contributed by atoms with van der Waals surface area (Å²) in [7, 11) is 0. The maximum absolute atomic E-state index is 11.9. The van der Waals surface area contributed by atoms with E-state index in [-0.39, 0.29) is 23.9 Å². The van der Waals surface area contributed by atoms with Gasteiger partial charge in [0.2, 0.25) is 5.91 Å². The van der Waals surface area contributed by atoms with Crippen LogP contribution in [0.1, 0.15) is 44.0 Å². The fraction of sp³-hybridized carbons (Fsp3) is 0.529. The topological polar surface area (TPSA) is 58.6 Å². The quantitative estimate of drug-likeness (QED) is 0.907. The Kier molecular flexibility index (Phi) is 5.41. The first-order valence-corrected chi connectivity index (χ1v) is 7.78. The number of amides is 2. The summed E-state index contributed by atoms with van der Waals surface area (Å²) in [4.78, 5) is 25.2. The van der Waals surface area contributed by atoms with Gasteiger partial charge in [-0.05, 0) is 51.0 Å².